The zero-order chi connectivity index (χ0) is 12.2. The highest BCUT2D eigenvalue weighted by atomic mass is 32.2. The van der Waals surface area contributed by atoms with Crippen molar-refractivity contribution >= 4 is 17.9 Å². The summed E-state index contributed by atoms with van der Waals surface area (Å²) in [6, 6.07) is 0. The second-order valence-corrected chi connectivity index (χ2v) is 6.15. The van der Waals surface area contributed by atoms with Gasteiger partial charge in [-0.3, -0.25) is 0 Å². The molecule has 1 amide bonds. The Labute approximate surface area is 102 Å². The molecule has 1 fully saturated rings. The maximum atomic E-state index is 11.4. The molecule has 0 aromatic rings. The highest BCUT2D eigenvalue weighted by Crippen LogP contribution is 2.20. The fourth-order valence-electron chi connectivity index (χ4n) is 1.51. The fourth-order valence-corrected chi connectivity index (χ4v) is 2.34. The van der Waals surface area contributed by atoms with Gasteiger partial charge >= 0.3 is 6.09 Å². The lowest BCUT2D eigenvalue weighted by molar-refractivity contribution is 0.0524. The van der Waals surface area contributed by atoms with Crippen molar-refractivity contribution in [2.75, 3.05) is 25.9 Å². The lowest BCUT2D eigenvalue weighted by Gasteiger charge is -2.34. The summed E-state index contributed by atoms with van der Waals surface area (Å²) >= 11 is 1.80. The molecule has 1 aliphatic heterocycles. The summed E-state index contributed by atoms with van der Waals surface area (Å²) in [6.45, 7) is 8.41. The predicted molar refractivity (Wildman–Crippen MR) is 67.9 cm³/mol. The van der Waals surface area contributed by atoms with Crippen molar-refractivity contribution in [2.45, 2.75) is 31.6 Å². The molecule has 0 aliphatic carbocycles. The third-order valence-electron chi connectivity index (χ3n) is 2.49. The van der Waals surface area contributed by atoms with Crippen LogP contribution in [0.2, 0.25) is 0 Å². The first kappa shape index (κ1) is 13.6. The Morgan fingerprint density at radius 3 is 2.56 bits per heavy atom. The number of alkyl carbamates (subject to hydrolysis) is 1. The second-order valence-electron chi connectivity index (χ2n) is 5.08. The lowest BCUT2D eigenvalue weighted by atomic mass is 9.99. The number of carbonyl (C=O) groups is 1. The molecule has 1 atom stereocenters. The molecule has 2 N–H and O–H groups in total. The summed E-state index contributed by atoms with van der Waals surface area (Å²) in [7, 11) is 0. The molecule has 4 nitrogen and oxygen atoms in total. The predicted octanol–water partition coefficient (Wildman–Crippen LogP) is 1.46. The average Bonchev–Trinajstić information content (AvgIpc) is 2.05. The van der Waals surface area contributed by atoms with Crippen LogP contribution in [0.1, 0.15) is 20.8 Å². The van der Waals surface area contributed by atoms with Crippen LogP contribution in [0.3, 0.4) is 0 Å². The Hall–Kier alpha value is -0.420. The first-order valence-corrected chi connectivity index (χ1v) is 6.91. The molecular formula is C11H22N2O2S. The van der Waals surface area contributed by atoms with E-state index in [0.29, 0.717) is 17.7 Å². The zero-order valence-electron chi connectivity index (χ0n) is 10.5. The molecule has 94 valence electrons. The van der Waals surface area contributed by atoms with Crippen molar-refractivity contribution in [3.63, 3.8) is 0 Å². The minimum atomic E-state index is -0.420. The van der Waals surface area contributed by atoms with Gasteiger partial charge in [-0.05, 0) is 32.9 Å². The summed E-state index contributed by atoms with van der Waals surface area (Å²) in [4.78, 5) is 11.4. The molecule has 0 bridgehead atoms. The minimum Gasteiger partial charge on any atom is -0.444 e. The largest absolute Gasteiger partial charge is 0.444 e. The molecule has 1 saturated heterocycles. The van der Waals surface area contributed by atoms with Gasteiger partial charge in [-0.2, -0.15) is 11.8 Å². The number of rotatable bonds is 4. The molecule has 0 spiro atoms. The maximum Gasteiger partial charge on any atom is 0.407 e. The van der Waals surface area contributed by atoms with Gasteiger partial charge in [0.2, 0.25) is 0 Å². The normalized spacial score (nSPS) is 18.8. The van der Waals surface area contributed by atoms with Crippen LogP contribution in [0.15, 0.2) is 0 Å². The molecule has 5 heteroatoms. The van der Waals surface area contributed by atoms with Gasteiger partial charge in [-0.25, -0.2) is 4.79 Å². The summed E-state index contributed by atoms with van der Waals surface area (Å²) in [5.74, 6) is 0.671. The Morgan fingerprint density at radius 1 is 1.56 bits per heavy atom. The summed E-state index contributed by atoms with van der Waals surface area (Å²) < 4.78 is 5.19. The molecular weight excluding hydrogens is 224 g/mol. The minimum absolute atomic E-state index is 0.321. The van der Waals surface area contributed by atoms with Crippen molar-refractivity contribution in [3.05, 3.63) is 0 Å². The van der Waals surface area contributed by atoms with E-state index in [4.69, 9.17) is 4.74 Å². The molecule has 0 radical (unpaired) electrons. The van der Waals surface area contributed by atoms with E-state index in [-0.39, 0.29) is 6.09 Å². The summed E-state index contributed by atoms with van der Waals surface area (Å²) in [5, 5.41) is 6.55. The van der Waals surface area contributed by atoms with Gasteiger partial charge < -0.3 is 15.4 Å². The van der Waals surface area contributed by atoms with E-state index in [1.165, 1.54) is 0 Å². The van der Waals surface area contributed by atoms with Crippen LogP contribution < -0.4 is 10.6 Å². The topological polar surface area (TPSA) is 50.4 Å². The number of hydrogen-bond acceptors (Lipinski definition) is 4. The van der Waals surface area contributed by atoms with Crippen molar-refractivity contribution in [1.82, 2.24) is 10.6 Å². The number of hydrogen-bond donors (Lipinski definition) is 2. The summed E-state index contributed by atoms with van der Waals surface area (Å²) in [5.41, 5.74) is -0.420. The highest BCUT2D eigenvalue weighted by molar-refractivity contribution is 7.99. The molecule has 1 rings (SSSR count). The summed E-state index contributed by atoms with van der Waals surface area (Å²) in [6.07, 6.45) is 1.76. The van der Waals surface area contributed by atoms with E-state index >= 15 is 0 Å². The van der Waals surface area contributed by atoms with Gasteiger partial charge in [0.1, 0.15) is 5.60 Å². The second kappa shape index (κ2) is 5.77. The third kappa shape index (κ3) is 4.61. The van der Waals surface area contributed by atoms with E-state index in [1.54, 1.807) is 11.8 Å². The Kier molecular flexibility index (Phi) is 4.92. The van der Waals surface area contributed by atoms with Gasteiger partial charge in [0.25, 0.3) is 0 Å². The van der Waals surface area contributed by atoms with Gasteiger partial charge in [0, 0.05) is 24.9 Å². The SMILES string of the molecule is CSC(CNC(=O)OC(C)(C)C)C1CNC1. The van der Waals surface area contributed by atoms with Gasteiger partial charge in [-0.15, -0.1) is 0 Å². The molecule has 1 heterocycles. The van der Waals surface area contributed by atoms with E-state index in [2.05, 4.69) is 16.9 Å². The van der Waals surface area contributed by atoms with Crippen molar-refractivity contribution in [3.8, 4) is 0 Å². The molecule has 0 aromatic carbocycles. The maximum absolute atomic E-state index is 11.4. The molecule has 16 heavy (non-hydrogen) atoms. The van der Waals surface area contributed by atoms with Crippen LogP contribution in [0.5, 0.6) is 0 Å². The lowest BCUT2D eigenvalue weighted by Crippen LogP contribution is -2.50. The van der Waals surface area contributed by atoms with Crippen LogP contribution in [0.4, 0.5) is 4.79 Å². The van der Waals surface area contributed by atoms with Crippen LogP contribution in [-0.4, -0.2) is 42.8 Å². The number of amides is 1. The van der Waals surface area contributed by atoms with E-state index in [1.807, 2.05) is 20.8 Å². The van der Waals surface area contributed by atoms with Gasteiger partial charge in [0.05, 0.1) is 0 Å². The molecule has 1 unspecified atom stereocenters. The molecule has 1 aliphatic rings. The first-order valence-electron chi connectivity index (χ1n) is 5.63. The number of ether oxygens (including phenoxy) is 1. The van der Waals surface area contributed by atoms with Crippen LogP contribution >= 0.6 is 11.8 Å². The molecule has 0 saturated carbocycles. The average molecular weight is 246 g/mol. The van der Waals surface area contributed by atoms with E-state index in [0.717, 1.165) is 13.1 Å². The fraction of sp³-hybridized carbons (Fsp3) is 0.909. The van der Waals surface area contributed by atoms with Crippen molar-refractivity contribution in [2.24, 2.45) is 5.92 Å². The van der Waals surface area contributed by atoms with Crippen LogP contribution in [0, 0.1) is 5.92 Å². The van der Waals surface area contributed by atoms with Gasteiger partial charge in [0.15, 0.2) is 0 Å². The third-order valence-corrected chi connectivity index (χ3v) is 3.65. The Morgan fingerprint density at radius 2 is 2.19 bits per heavy atom. The van der Waals surface area contributed by atoms with Crippen molar-refractivity contribution < 1.29 is 9.53 Å². The van der Waals surface area contributed by atoms with E-state index < -0.39 is 5.60 Å². The number of thioether (sulfide) groups is 1. The highest BCUT2D eigenvalue weighted by Gasteiger charge is 2.27. The Balaban J connectivity index is 2.23. The quantitative estimate of drug-likeness (QED) is 0.788. The molecule has 0 aromatic heterocycles. The monoisotopic (exact) mass is 246 g/mol. The Bertz CT molecular complexity index is 237. The standard InChI is InChI=1S/C11H22N2O2S/c1-11(2,3)15-10(14)13-7-9(16-4)8-5-12-6-8/h8-9,12H,5-7H2,1-4H3,(H,13,14). The first-order chi connectivity index (χ1) is 7.42. The van der Waals surface area contributed by atoms with Gasteiger partial charge in [-0.1, -0.05) is 0 Å². The van der Waals surface area contributed by atoms with E-state index in [9.17, 15) is 4.79 Å². The van der Waals surface area contributed by atoms with Crippen LogP contribution in [-0.2, 0) is 4.74 Å². The smallest absolute Gasteiger partial charge is 0.407 e. The zero-order valence-corrected chi connectivity index (χ0v) is 11.3. The van der Waals surface area contributed by atoms with Crippen molar-refractivity contribution in [1.29, 1.82) is 0 Å². The number of nitrogens with one attached hydrogen (secondary N) is 2. The van der Waals surface area contributed by atoms with Crippen LogP contribution in [0.25, 0.3) is 0 Å². The number of carbonyl (C=O) groups excluding carboxylic acids is 1.